The molecule has 2 aliphatic rings. The van der Waals surface area contributed by atoms with Crippen molar-refractivity contribution in [3.8, 4) is 0 Å². The molecule has 2 rings (SSSR count). The predicted octanol–water partition coefficient (Wildman–Crippen LogP) is 3.14. The SMILES string of the molecule is CCOC(=O)[C@H](C)/C=C1/C(=O)[C@]2(C)CC[C@H]1C2(C)C. The van der Waals surface area contributed by atoms with Gasteiger partial charge in [-0.2, -0.15) is 0 Å². The minimum absolute atomic E-state index is 0.00426. The zero-order chi connectivity index (χ0) is 14.4. The second-order valence-electron chi connectivity index (χ2n) is 6.64. The van der Waals surface area contributed by atoms with Crippen LogP contribution in [0.2, 0.25) is 0 Å². The lowest BCUT2D eigenvalue weighted by Crippen LogP contribution is -2.32. The van der Waals surface area contributed by atoms with Crippen LogP contribution in [0, 0.1) is 22.7 Å². The number of carbonyl (C=O) groups excluding carboxylic acids is 2. The van der Waals surface area contributed by atoms with Gasteiger partial charge in [0, 0.05) is 5.41 Å². The van der Waals surface area contributed by atoms with Crippen molar-refractivity contribution in [1.29, 1.82) is 0 Å². The Morgan fingerprint density at radius 1 is 1.47 bits per heavy atom. The molecule has 0 aromatic carbocycles. The van der Waals surface area contributed by atoms with E-state index in [0.717, 1.165) is 18.4 Å². The summed E-state index contributed by atoms with van der Waals surface area (Å²) in [5.41, 5.74) is 0.613. The highest BCUT2D eigenvalue weighted by Gasteiger charge is 2.63. The van der Waals surface area contributed by atoms with Gasteiger partial charge in [0.05, 0.1) is 12.5 Å². The van der Waals surface area contributed by atoms with Crippen molar-refractivity contribution in [2.45, 2.75) is 47.5 Å². The van der Waals surface area contributed by atoms with Crippen LogP contribution in [-0.4, -0.2) is 18.4 Å². The van der Waals surface area contributed by atoms with Gasteiger partial charge in [-0.25, -0.2) is 0 Å². The van der Waals surface area contributed by atoms with Gasteiger partial charge in [-0.3, -0.25) is 9.59 Å². The Bertz CT molecular complexity index is 447. The van der Waals surface area contributed by atoms with Crippen LogP contribution in [0.1, 0.15) is 47.5 Å². The highest BCUT2D eigenvalue weighted by molar-refractivity contribution is 6.05. The van der Waals surface area contributed by atoms with Gasteiger partial charge in [-0.15, -0.1) is 0 Å². The molecule has 0 aromatic rings. The second-order valence-corrected chi connectivity index (χ2v) is 6.64. The molecule has 19 heavy (non-hydrogen) atoms. The fourth-order valence-electron chi connectivity index (χ4n) is 3.73. The summed E-state index contributed by atoms with van der Waals surface area (Å²) in [6, 6.07) is 0. The van der Waals surface area contributed by atoms with Crippen molar-refractivity contribution in [3.63, 3.8) is 0 Å². The molecule has 0 aliphatic heterocycles. The van der Waals surface area contributed by atoms with E-state index in [1.807, 2.05) is 6.08 Å². The first kappa shape index (κ1) is 14.3. The van der Waals surface area contributed by atoms with Gasteiger partial charge in [0.2, 0.25) is 0 Å². The molecule has 0 N–H and O–H groups in total. The van der Waals surface area contributed by atoms with Crippen molar-refractivity contribution in [2.24, 2.45) is 22.7 Å². The Hall–Kier alpha value is -1.12. The molecule has 0 heterocycles. The van der Waals surface area contributed by atoms with Crippen LogP contribution in [-0.2, 0) is 14.3 Å². The van der Waals surface area contributed by atoms with Crippen LogP contribution < -0.4 is 0 Å². The van der Waals surface area contributed by atoms with E-state index in [1.54, 1.807) is 13.8 Å². The standard InChI is InChI=1S/C16H24O3/c1-6-19-14(18)10(2)9-11-12-7-8-16(5,13(11)17)15(12,3)4/h9-10,12H,6-8H2,1-5H3/b11-9+/t10-,12-,16+/m1/s1. The second kappa shape index (κ2) is 4.46. The molecule has 3 nitrogen and oxygen atoms in total. The highest BCUT2D eigenvalue weighted by atomic mass is 16.5. The third kappa shape index (κ3) is 1.86. The zero-order valence-corrected chi connectivity index (χ0v) is 12.6. The first-order valence-corrected chi connectivity index (χ1v) is 7.19. The van der Waals surface area contributed by atoms with E-state index >= 15 is 0 Å². The summed E-state index contributed by atoms with van der Waals surface area (Å²) >= 11 is 0. The summed E-state index contributed by atoms with van der Waals surface area (Å²) < 4.78 is 5.01. The quantitative estimate of drug-likeness (QED) is 0.581. The lowest BCUT2D eigenvalue weighted by molar-refractivity contribution is -0.145. The number of fused-ring (bicyclic) bond motifs is 2. The smallest absolute Gasteiger partial charge is 0.312 e. The molecule has 2 saturated carbocycles. The average molecular weight is 264 g/mol. The van der Waals surface area contributed by atoms with Gasteiger partial charge < -0.3 is 4.74 Å². The maximum atomic E-state index is 12.6. The zero-order valence-electron chi connectivity index (χ0n) is 12.6. The number of hydrogen-bond acceptors (Lipinski definition) is 3. The lowest BCUT2D eigenvalue weighted by Gasteiger charge is -2.31. The van der Waals surface area contributed by atoms with Crippen molar-refractivity contribution in [2.75, 3.05) is 6.61 Å². The predicted molar refractivity (Wildman–Crippen MR) is 73.5 cm³/mol. The Balaban J connectivity index is 2.28. The van der Waals surface area contributed by atoms with Gasteiger partial charge in [0.1, 0.15) is 0 Å². The fourth-order valence-corrected chi connectivity index (χ4v) is 3.73. The normalized spacial score (nSPS) is 35.7. The molecular formula is C16H24O3. The summed E-state index contributed by atoms with van der Waals surface area (Å²) in [4.78, 5) is 24.3. The summed E-state index contributed by atoms with van der Waals surface area (Å²) in [6.07, 6.45) is 3.86. The monoisotopic (exact) mass is 264 g/mol. The third-order valence-electron chi connectivity index (χ3n) is 5.45. The molecule has 0 unspecified atom stereocenters. The summed E-state index contributed by atoms with van der Waals surface area (Å²) in [5.74, 6) is -0.0436. The van der Waals surface area contributed by atoms with Gasteiger partial charge in [0.25, 0.3) is 0 Å². The Morgan fingerprint density at radius 2 is 2.11 bits per heavy atom. The van der Waals surface area contributed by atoms with Gasteiger partial charge in [-0.05, 0) is 43.6 Å². The Labute approximate surface area is 115 Å². The molecule has 0 amide bonds. The average Bonchev–Trinajstić information content (AvgIpc) is 2.64. The summed E-state index contributed by atoms with van der Waals surface area (Å²) in [6.45, 7) is 10.4. The lowest BCUT2D eigenvalue weighted by atomic mass is 9.70. The molecule has 0 spiro atoms. The van der Waals surface area contributed by atoms with Crippen molar-refractivity contribution >= 4 is 11.8 Å². The van der Waals surface area contributed by atoms with E-state index in [2.05, 4.69) is 20.8 Å². The van der Waals surface area contributed by atoms with Crippen molar-refractivity contribution < 1.29 is 14.3 Å². The maximum absolute atomic E-state index is 12.6. The fraction of sp³-hybridized carbons (Fsp3) is 0.750. The van der Waals surface area contributed by atoms with E-state index in [9.17, 15) is 9.59 Å². The largest absolute Gasteiger partial charge is 0.466 e. The van der Waals surface area contributed by atoms with E-state index < -0.39 is 0 Å². The van der Waals surface area contributed by atoms with E-state index in [0.29, 0.717) is 12.5 Å². The van der Waals surface area contributed by atoms with Crippen LogP contribution in [0.4, 0.5) is 0 Å². The first-order chi connectivity index (χ1) is 8.75. The molecule has 2 aliphatic carbocycles. The molecule has 2 fully saturated rings. The number of carbonyl (C=O) groups is 2. The summed E-state index contributed by atoms with van der Waals surface area (Å²) in [5, 5.41) is 0. The Kier molecular flexibility index (Phi) is 3.36. The first-order valence-electron chi connectivity index (χ1n) is 7.19. The van der Waals surface area contributed by atoms with Crippen LogP contribution in [0.15, 0.2) is 11.6 Å². The minimum atomic E-state index is -0.336. The van der Waals surface area contributed by atoms with E-state index in [4.69, 9.17) is 4.74 Å². The number of Topliss-reactive ketones (excluding diaryl/α,β-unsaturated/α-hetero) is 1. The highest BCUT2D eigenvalue weighted by Crippen LogP contribution is 2.65. The van der Waals surface area contributed by atoms with E-state index in [1.165, 1.54) is 0 Å². The third-order valence-corrected chi connectivity index (χ3v) is 5.45. The van der Waals surface area contributed by atoms with Crippen molar-refractivity contribution in [3.05, 3.63) is 11.6 Å². The van der Waals surface area contributed by atoms with E-state index in [-0.39, 0.29) is 28.5 Å². The van der Waals surface area contributed by atoms with Crippen molar-refractivity contribution in [1.82, 2.24) is 0 Å². The maximum Gasteiger partial charge on any atom is 0.312 e. The van der Waals surface area contributed by atoms with Crippen LogP contribution >= 0.6 is 0 Å². The minimum Gasteiger partial charge on any atom is -0.466 e. The van der Waals surface area contributed by atoms with Gasteiger partial charge in [-0.1, -0.05) is 26.8 Å². The molecule has 3 atom stereocenters. The molecule has 2 bridgehead atoms. The van der Waals surface area contributed by atoms with Crippen LogP contribution in [0.3, 0.4) is 0 Å². The number of rotatable bonds is 3. The number of hydrogen-bond donors (Lipinski definition) is 0. The molecule has 0 saturated heterocycles. The molecular weight excluding hydrogens is 240 g/mol. The topological polar surface area (TPSA) is 43.4 Å². The number of esters is 1. The molecule has 0 aromatic heterocycles. The number of allylic oxidation sites excluding steroid dienone is 1. The van der Waals surface area contributed by atoms with Gasteiger partial charge in [0.15, 0.2) is 5.78 Å². The van der Waals surface area contributed by atoms with Crippen LogP contribution in [0.25, 0.3) is 0 Å². The molecule has 106 valence electrons. The Morgan fingerprint density at radius 3 is 2.58 bits per heavy atom. The number of ether oxygens (including phenoxy) is 1. The van der Waals surface area contributed by atoms with Crippen LogP contribution in [0.5, 0.6) is 0 Å². The van der Waals surface area contributed by atoms with Gasteiger partial charge >= 0.3 is 5.97 Å². The molecule has 0 radical (unpaired) electrons. The summed E-state index contributed by atoms with van der Waals surface area (Å²) in [7, 11) is 0. The molecule has 3 heteroatoms. The number of ketones is 1.